The van der Waals surface area contributed by atoms with E-state index < -0.39 is 19.9 Å². The summed E-state index contributed by atoms with van der Waals surface area (Å²) in [6, 6.07) is 5.00. The van der Waals surface area contributed by atoms with Crippen molar-refractivity contribution in [1.29, 1.82) is 0 Å². The molecule has 18 heavy (non-hydrogen) atoms. The number of hydrogen-bond donors (Lipinski definition) is 1. The molecule has 1 N–H and O–H groups in total. The van der Waals surface area contributed by atoms with Gasteiger partial charge >= 0.3 is 0 Å². The number of hydrogen-bond acceptors (Lipinski definition) is 4. The van der Waals surface area contributed by atoms with Crippen LogP contribution in [0, 0.1) is 13.8 Å². The van der Waals surface area contributed by atoms with E-state index in [1.165, 1.54) is 6.07 Å². The highest BCUT2D eigenvalue weighted by Crippen LogP contribution is 2.15. The molecule has 1 aromatic rings. The Bertz CT molecular complexity index is 633. The summed E-state index contributed by atoms with van der Waals surface area (Å²) < 4.78 is 48.0. The number of benzene rings is 1. The zero-order valence-corrected chi connectivity index (χ0v) is 12.2. The molecule has 0 saturated carbocycles. The first-order valence-electron chi connectivity index (χ1n) is 5.36. The summed E-state index contributed by atoms with van der Waals surface area (Å²) in [5.74, 6) is -0.211. The zero-order valence-electron chi connectivity index (χ0n) is 10.6. The number of nitrogens with one attached hydrogen (secondary N) is 1. The highest BCUT2D eigenvalue weighted by Gasteiger charge is 2.16. The van der Waals surface area contributed by atoms with Crippen LogP contribution in [-0.2, 0) is 19.9 Å². The molecule has 5 nitrogen and oxygen atoms in total. The van der Waals surface area contributed by atoms with Crippen LogP contribution in [0.3, 0.4) is 0 Å². The lowest BCUT2D eigenvalue weighted by molar-refractivity contribution is 0.581. The molecule has 0 heterocycles. The summed E-state index contributed by atoms with van der Waals surface area (Å²) in [6.45, 7) is 3.47. The summed E-state index contributed by atoms with van der Waals surface area (Å²) in [4.78, 5) is 0.182. The van der Waals surface area contributed by atoms with E-state index in [0.29, 0.717) is 5.56 Å². The fourth-order valence-corrected chi connectivity index (χ4v) is 3.40. The second-order valence-electron chi connectivity index (χ2n) is 4.30. The van der Waals surface area contributed by atoms with Crippen LogP contribution in [0.1, 0.15) is 11.1 Å². The van der Waals surface area contributed by atoms with Crippen LogP contribution in [0.15, 0.2) is 23.1 Å². The molecule has 0 aromatic heterocycles. The normalized spacial score (nSPS) is 12.6. The van der Waals surface area contributed by atoms with E-state index in [9.17, 15) is 16.8 Å². The molecule has 0 unspecified atom stereocenters. The van der Waals surface area contributed by atoms with Crippen LogP contribution in [0.5, 0.6) is 0 Å². The Morgan fingerprint density at radius 3 is 2.22 bits per heavy atom. The Balaban J connectivity index is 2.87. The minimum absolute atomic E-state index is 0.117. The average Bonchev–Trinajstić information content (AvgIpc) is 2.13. The molecule has 0 radical (unpaired) electrons. The van der Waals surface area contributed by atoms with Crippen molar-refractivity contribution in [2.45, 2.75) is 18.7 Å². The number of sulfonamides is 1. The molecule has 0 aliphatic heterocycles. The lowest BCUT2D eigenvalue weighted by Gasteiger charge is -2.09. The lowest BCUT2D eigenvalue weighted by atomic mass is 10.2. The highest BCUT2D eigenvalue weighted by molar-refractivity contribution is 7.91. The third-order valence-corrected chi connectivity index (χ3v) is 4.95. The van der Waals surface area contributed by atoms with Crippen molar-refractivity contribution in [3.05, 3.63) is 29.3 Å². The summed E-state index contributed by atoms with van der Waals surface area (Å²) in [6.07, 6.45) is 1.07. The molecule has 0 bridgehead atoms. The Morgan fingerprint density at radius 1 is 1.11 bits per heavy atom. The van der Waals surface area contributed by atoms with Crippen LogP contribution in [-0.4, -0.2) is 35.4 Å². The molecule has 7 heteroatoms. The number of aryl methyl sites for hydroxylation is 2. The third kappa shape index (κ3) is 4.40. The van der Waals surface area contributed by atoms with Gasteiger partial charge in [-0.1, -0.05) is 17.7 Å². The van der Waals surface area contributed by atoms with Crippen molar-refractivity contribution in [3.63, 3.8) is 0 Å². The smallest absolute Gasteiger partial charge is 0.229 e. The number of sulfone groups is 1. The molecule has 0 saturated heterocycles. The average molecular weight is 291 g/mol. The quantitative estimate of drug-likeness (QED) is 0.862. The fourth-order valence-electron chi connectivity index (χ4n) is 1.54. The first-order chi connectivity index (χ1) is 8.12. The molecule has 0 aliphatic carbocycles. The summed E-state index contributed by atoms with van der Waals surface area (Å²) in [5, 5.41) is 0. The van der Waals surface area contributed by atoms with Gasteiger partial charge in [-0.05, 0) is 25.5 Å². The summed E-state index contributed by atoms with van der Waals surface area (Å²) in [7, 11) is -6.82. The van der Waals surface area contributed by atoms with E-state index in [2.05, 4.69) is 4.72 Å². The fraction of sp³-hybridized carbons (Fsp3) is 0.455. The van der Waals surface area contributed by atoms with Gasteiger partial charge in [0.15, 0.2) is 0 Å². The molecule has 1 aromatic carbocycles. The maximum absolute atomic E-state index is 11.9. The van der Waals surface area contributed by atoms with Gasteiger partial charge < -0.3 is 0 Å². The second kappa shape index (κ2) is 5.38. The van der Waals surface area contributed by atoms with Gasteiger partial charge in [-0.15, -0.1) is 0 Å². The molecule has 102 valence electrons. The van der Waals surface area contributed by atoms with Gasteiger partial charge in [0, 0.05) is 12.8 Å². The van der Waals surface area contributed by atoms with Gasteiger partial charge in [0.1, 0.15) is 9.84 Å². The predicted molar refractivity (Wildman–Crippen MR) is 70.8 cm³/mol. The Labute approximate surface area is 108 Å². The lowest BCUT2D eigenvalue weighted by Crippen LogP contribution is -2.29. The van der Waals surface area contributed by atoms with Crippen LogP contribution in [0.25, 0.3) is 0 Å². The topological polar surface area (TPSA) is 80.3 Å². The Morgan fingerprint density at radius 2 is 1.72 bits per heavy atom. The Hall–Kier alpha value is -0.920. The van der Waals surface area contributed by atoms with Gasteiger partial charge in [0.05, 0.1) is 10.6 Å². The molecular weight excluding hydrogens is 274 g/mol. The van der Waals surface area contributed by atoms with Crippen molar-refractivity contribution < 1.29 is 16.8 Å². The van der Waals surface area contributed by atoms with E-state index in [1.54, 1.807) is 19.1 Å². The van der Waals surface area contributed by atoms with Crippen molar-refractivity contribution in [3.8, 4) is 0 Å². The van der Waals surface area contributed by atoms with E-state index in [4.69, 9.17) is 0 Å². The first-order valence-corrected chi connectivity index (χ1v) is 8.91. The summed E-state index contributed by atoms with van der Waals surface area (Å²) >= 11 is 0. The molecule has 0 amide bonds. The third-order valence-electron chi connectivity index (χ3n) is 2.38. The van der Waals surface area contributed by atoms with Gasteiger partial charge in [-0.3, -0.25) is 0 Å². The van der Waals surface area contributed by atoms with Gasteiger partial charge in [0.25, 0.3) is 0 Å². The Kier molecular flexibility index (Phi) is 4.52. The molecule has 0 aliphatic rings. The summed E-state index contributed by atoms with van der Waals surface area (Å²) in [5.41, 5.74) is 1.62. The maximum atomic E-state index is 11.9. The van der Waals surface area contributed by atoms with Crippen molar-refractivity contribution in [2.24, 2.45) is 0 Å². The van der Waals surface area contributed by atoms with Crippen molar-refractivity contribution in [2.75, 3.05) is 18.6 Å². The van der Waals surface area contributed by atoms with Crippen LogP contribution < -0.4 is 4.72 Å². The van der Waals surface area contributed by atoms with Gasteiger partial charge in [-0.2, -0.15) is 0 Å². The minimum atomic E-state index is -3.64. The standard InChI is InChI=1S/C11H17NO4S2/c1-9-4-5-11(10(2)8-9)18(15,16)12-6-7-17(3,13)14/h4-5,8,12H,6-7H2,1-3H3. The SMILES string of the molecule is Cc1ccc(S(=O)(=O)NCCS(C)(=O)=O)c(C)c1. The van der Waals surface area contributed by atoms with Crippen LogP contribution in [0.4, 0.5) is 0 Å². The van der Waals surface area contributed by atoms with E-state index in [1.807, 2.05) is 6.92 Å². The monoisotopic (exact) mass is 291 g/mol. The number of rotatable bonds is 5. The van der Waals surface area contributed by atoms with E-state index in [0.717, 1.165) is 11.8 Å². The molecule has 0 spiro atoms. The van der Waals surface area contributed by atoms with Crippen molar-refractivity contribution >= 4 is 19.9 Å². The van der Waals surface area contributed by atoms with E-state index in [-0.39, 0.29) is 17.2 Å². The predicted octanol–water partition coefficient (Wildman–Crippen LogP) is 0.626. The largest absolute Gasteiger partial charge is 0.240 e. The van der Waals surface area contributed by atoms with Crippen LogP contribution in [0.2, 0.25) is 0 Å². The minimum Gasteiger partial charge on any atom is -0.229 e. The second-order valence-corrected chi connectivity index (χ2v) is 8.29. The zero-order chi connectivity index (χ0) is 14.0. The molecule has 0 atom stereocenters. The molecule has 1 rings (SSSR count). The van der Waals surface area contributed by atoms with Crippen LogP contribution >= 0.6 is 0 Å². The van der Waals surface area contributed by atoms with Gasteiger partial charge in [0.2, 0.25) is 10.0 Å². The maximum Gasteiger partial charge on any atom is 0.240 e. The highest BCUT2D eigenvalue weighted by atomic mass is 32.2. The van der Waals surface area contributed by atoms with Gasteiger partial charge in [-0.25, -0.2) is 21.6 Å². The first kappa shape index (κ1) is 15.1. The molecule has 0 fully saturated rings. The molecular formula is C11H17NO4S2. The van der Waals surface area contributed by atoms with Crippen molar-refractivity contribution in [1.82, 2.24) is 4.72 Å². The van der Waals surface area contributed by atoms with E-state index >= 15 is 0 Å².